The predicted octanol–water partition coefficient (Wildman–Crippen LogP) is 0.503. The molecular weight excluding hydrogens is 244 g/mol. The van der Waals surface area contributed by atoms with Crippen molar-refractivity contribution in [2.24, 2.45) is 0 Å². The van der Waals surface area contributed by atoms with Gasteiger partial charge in [-0.2, -0.15) is 9.57 Å². The summed E-state index contributed by atoms with van der Waals surface area (Å²) in [5.41, 5.74) is 0. The van der Waals surface area contributed by atoms with E-state index in [1.165, 1.54) is 11.4 Å². The lowest BCUT2D eigenvalue weighted by Crippen LogP contribution is -2.39. The molecule has 6 nitrogen and oxygen atoms in total. The Morgan fingerprint density at radius 2 is 2.06 bits per heavy atom. The molecule has 0 radical (unpaired) electrons. The monoisotopic (exact) mass is 262 g/mol. The molecule has 0 aliphatic rings. The van der Waals surface area contributed by atoms with Crippen molar-refractivity contribution in [3.63, 3.8) is 0 Å². The van der Waals surface area contributed by atoms with Crippen molar-refractivity contribution in [1.29, 1.82) is 5.26 Å². The molecule has 0 aromatic rings. The first kappa shape index (κ1) is 15.9. The van der Waals surface area contributed by atoms with Crippen LogP contribution < -0.4 is 0 Å². The van der Waals surface area contributed by atoms with Crippen LogP contribution in [-0.2, 0) is 19.6 Å². The number of sulfonamides is 1. The van der Waals surface area contributed by atoms with E-state index in [0.717, 1.165) is 0 Å². The minimum absolute atomic E-state index is 0.135. The van der Waals surface area contributed by atoms with E-state index in [1.807, 2.05) is 6.07 Å². The van der Waals surface area contributed by atoms with E-state index in [1.54, 1.807) is 13.8 Å². The molecule has 0 bridgehead atoms. The molecular formula is C10H18N2O4S. The first-order chi connectivity index (χ1) is 7.85. The minimum Gasteiger partial charge on any atom is -0.469 e. The second-order valence-electron chi connectivity index (χ2n) is 3.75. The normalized spacial score (nSPS) is 11.5. The SMILES string of the molecule is COC(=O)CCS(=O)(=O)N(CCC#N)C(C)C. The van der Waals surface area contributed by atoms with E-state index in [-0.39, 0.29) is 31.2 Å². The molecule has 7 heteroatoms. The maximum Gasteiger partial charge on any atom is 0.306 e. The van der Waals surface area contributed by atoms with Crippen LogP contribution >= 0.6 is 0 Å². The van der Waals surface area contributed by atoms with Crippen LogP contribution in [0.4, 0.5) is 0 Å². The number of methoxy groups -OCH3 is 1. The van der Waals surface area contributed by atoms with Crippen LogP contribution in [-0.4, -0.2) is 44.1 Å². The molecule has 0 atom stereocenters. The van der Waals surface area contributed by atoms with Crippen LogP contribution in [0.3, 0.4) is 0 Å². The number of hydrogen-bond acceptors (Lipinski definition) is 5. The number of rotatable bonds is 7. The molecule has 0 rings (SSSR count). The third-order valence-electron chi connectivity index (χ3n) is 2.17. The summed E-state index contributed by atoms with van der Waals surface area (Å²) in [5.74, 6) is -0.846. The highest BCUT2D eigenvalue weighted by Crippen LogP contribution is 2.09. The third-order valence-corrected chi connectivity index (χ3v) is 4.21. The molecule has 98 valence electrons. The van der Waals surface area contributed by atoms with Gasteiger partial charge in [-0.1, -0.05) is 0 Å². The van der Waals surface area contributed by atoms with Crippen molar-refractivity contribution in [2.75, 3.05) is 19.4 Å². The molecule has 0 amide bonds. The topological polar surface area (TPSA) is 87.5 Å². The van der Waals surface area contributed by atoms with Crippen molar-refractivity contribution < 1.29 is 17.9 Å². The Morgan fingerprint density at radius 1 is 1.47 bits per heavy atom. The second-order valence-corrected chi connectivity index (χ2v) is 5.80. The average molecular weight is 262 g/mol. The number of carbonyl (C=O) groups excluding carboxylic acids is 1. The van der Waals surface area contributed by atoms with E-state index < -0.39 is 16.0 Å². The van der Waals surface area contributed by atoms with Gasteiger partial charge >= 0.3 is 5.97 Å². The fourth-order valence-corrected chi connectivity index (χ4v) is 2.98. The summed E-state index contributed by atoms with van der Waals surface area (Å²) in [6, 6.07) is 1.67. The van der Waals surface area contributed by atoms with Gasteiger partial charge in [0.25, 0.3) is 0 Å². The predicted molar refractivity (Wildman–Crippen MR) is 62.5 cm³/mol. The van der Waals surface area contributed by atoms with Crippen LogP contribution in [0.25, 0.3) is 0 Å². The summed E-state index contributed by atoms with van der Waals surface area (Å²) in [6.45, 7) is 3.61. The molecule has 17 heavy (non-hydrogen) atoms. The summed E-state index contributed by atoms with van der Waals surface area (Å²) in [6.07, 6.45) is -0.0375. The highest BCUT2D eigenvalue weighted by Gasteiger charge is 2.25. The summed E-state index contributed by atoms with van der Waals surface area (Å²) in [5, 5.41) is 8.47. The second kappa shape index (κ2) is 7.25. The summed E-state index contributed by atoms with van der Waals surface area (Å²) in [4.78, 5) is 10.9. The Kier molecular flexibility index (Phi) is 6.76. The number of nitrogens with zero attached hydrogens (tertiary/aromatic N) is 2. The largest absolute Gasteiger partial charge is 0.469 e. The summed E-state index contributed by atoms with van der Waals surface area (Å²) in [7, 11) is -2.30. The molecule has 0 aromatic heterocycles. The fraction of sp³-hybridized carbons (Fsp3) is 0.800. The van der Waals surface area contributed by atoms with Gasteiger partial charge in [0.2, 0.25) is 10.0 Å². The smallest absolute Gasteiger partial charge is 0.306 e. The third kappa shape index (κ3) is 5.65. The molecule has 0 aromatic carbocycles. The first-order valence-electron chi connectivity index (χ1n) is 5.28. The Hall–Kier alpha value is -1.13. The number of esters is 1. The Morgan fingerprint density at radius 3 is 2.47 bits per heavy atom. The highest BCUT2D eigenvalue weighted by molar-refractivity contribution is 7.89. The fourth-order valence-electron chi connectivity index (χ4n) is 1.31. The van der Waals surface area contributed by atoms with Crippen LogP contribution in [0.2, 0.25) is 0 Å². The van der Waals surface area contributed by atoms with Crippen molar-refractivity contribution in [3.05, 3.63) is 0 Å². The molecule has 0 aliphatic carbocycles. The van der Waals surface area contributed by atoms with Gasteiger partial charge in [0, 0.05) is 19.0 Å². The van der Waals surface area contributed by atoms with Crippen LogP contribution in [0, 0.1) is 11.3 Å². The lowest BCUT2D eigenvalue weighted by molar-refractivity contribution is -0.140. The van der Waals surface area contributed by atoms with E-state index in [0.29, 0.717) is 0 Å². The summed E-state index contributed by atoms with van der Waals surface area (Å²) < 4.78 is 29.4. The van der Waals surface area contributed by atoms with Gasteiger partial charge in [-0.25, -0.2) is 8.42 Å². The zero-order chi connectivity index (χ0) is 13.5. The van der Waals surface area contributed by atoms with Gasteiger partial charge in [0.1, 0.15) is 0 Å². The van der Waals surface area contributed by atoms with Gasteiger partial charge in [-0.05, 0) is 13.8 Å². The minimum atomic E-state index is -3.52. The molecule has 0 unspecified atom stereocenters. The zero-order valence-electron chi connectivity index (χ0n) is 10.3. The molecule has 0 saturated heterocycles. The molecule has 0 saturated carbocycles. The highest BCUT2D eigenvalue weighted by atomic mass is 32.2. The zero-order valence-corrected chi connectivity index (χ0v) is 11.2. The van der Waals surface area contributed by atoms with Crippen LogP contribution in [0.5, 0.6) is 0 Å². The number of carbonyl (C=O) groups is 1. The molecule has 0 aliphatic heterocycles. The molecule has 0 N–H and O–H groups in total. The number of nitriles is 1. The van der Waals surface area contributed by atoms with Gasteiger partial charge in [-0.15, -0.1) is 0 Å². The maximum atomic E-state index is 11.9. The lowest BCUT2D eigenvalue weighted by atomic mass is 10.3. The Bertz CT molecular complexity index is 384. The Labute approximate surface area is 102 Å². The van der Waals surface area contributed by atoms with Crippen molar-refractivity contribution >= 4 is 16.0 Å². The van der Waals surface area contributed by atoms with Gasteiger partial charge in [0.15, 0.2) is 0 Å². The molecule has 0 heterocycles. The quantitative estimate of drug-likeness (QED) is 0.623. The van der Waals surface area contributed by atoms with Crippen LogP contribution in [0.1, 0.15) is 26.7 Å². The lowest BCUT2D eigenvalue weighted by Gasteiger charge is -2.24. The van der Waals surface area contributed by atoms with E-state index in [9.17, 15) is 13.2 Å². The maximum absolute atomic E-state index is 11.9. The molecule has 0 spiro atoms. The molecule has 0 fully saturated rings. The van der Waals surface area contributed by atoms with Crippen LogP contribution in [0.15, 0.2) is 0 Å². The van der Waals surface area contributed by atoms with Crippen molar-refractivity contribution in [1.82, 2.24) is 4.31 Å². The van der Waals surface area contributed by atoms with E-state index >= 15 is 0 Å². The van der Waals surface area contributed by atoms with E-state index in [2.05, 4.69) is 4.74 Å². The summed E-state index contributed by atoms with van der Waals surface area (Å²) >= 11 is 0. The van der Waals surface area contributed by atoms with E-state index in [4.69, 9.17) is 5.26 Å². The first-order valence-corrected chi connectivity index (χ1v) is 6.89. The van der Waals surface area contributed by atoms with Gasteiger partial charge in [-0.3, -0.25) is 4.79 Å². The Balaban J connectivity index is 4.62. The van der Waals surface area contributed by atoms with Gasteiger partial charge in [0.05, 0.1) is 25.4 Å². The van der Waals surface area contributed by atoms with Crippen molar-refractivity contribution in [2.45, 2.75) is 32.7 Å². The number of ether oxygens (including phenoxy) is 1. The van der Waals surface area contributed by atoms with Crippen molar-refractivity contribution in [3.8, 4) is 6.07 Å². The standard InChI is InChI=1S/C10H18N2O4S/c1-9(2)12(7-4-6-11)17(14,15)8-5-10(13)16-3/h9H,4-5,7-8H2,1-3H3. The average Bonchev–Trinajstić information content (AvgIpc) is 2.25. The number of hydrogen-bond donors (Lipinski definition) is 0. The van der Waals surface area contributed by atoms with Gasteiger partial charge < -0.3 is 4.74 Å².